The number of hydrogen-bond acceptors (Lipinski definition) is 9. The third-order valence-electron chi connectivity index (χ3n) is 7.70. The number of fused-ring (bicyclic) bond motifs is 5. The summed E-state index contributed by atoms with van der Waals surface area (Å²) in [5.74, 6) is -1.18. The zero-order chi connectivity index (χ0) is 31.5. The second-order valence-electron chi connectivity index (χ2n) is 11.2. The van der Waals surface area contributed by atoms with Gasteiger partial charge in [0.1, 0.15) is 23.6 Å². The van der Waals surface area contributed by atoms with Crippen LogP contribution < -0.4 is 27.0 Å². The van der Waals surface area contributed by atoms with Crippen LogP contribution in [0.2, 0.25) is 0 Å². The van der Waals surface area contributed by atoms with Gasteiger partial charge in [0.25, 0.3) is 0 Å². The number of carbonyl (C=O) groups excluding carboxylic acids is 3. The van der Waals surface area contributed by atoms with Crippen molar-refractivity contribution in [1.29, 1.82) is 0 Å². The molecule has 0 saturated heterocycles. The van der Waals surface area contributed by atoms with Crippen LogP contribution >= 0.6 is 0 Å². The van der Waals surface area contributed by atoms with Crippen molar-refractivity contribution in [2.24, 2.45) is 5.73 Å². The second-order valence-corrected chi connectivity index (χ2v) is 11.2. The number of phenols is 2. The van der Waals surface area contributed by atoms with Crippen LogP contribution in [0.4, 0.5) is 0 Å². The molecule has 3 rings (SSSR count). The lowest BCUT2D eigenvalue weighted by Gasteiger charge is -2.30. The number of nitrogens with zero attached hydrogens (tertiary/aromatic N) is 2. The van der Waals surface area contributed by atoms with Crippen LogP contribution in [0, 0.1) is 0 Å². The molecule has 0 spiro atoms. The molecular weight excluding hydrogens is 550 g/mol. The average Bonchev–Trinajstić information content (AvgIpc) is 2.98. The highest BCUT2D eigenvalue weighted by Gasteiger charge is 2.32. The number of nitrogens with two attached hydrogens (primary N) is 1. The van der Waals surface area contributed by atoms with E-state index in [0.29, 0.717) is 50.1 Å². The Kier molecular flexibility index (Phi) is 12.7. The fraction of sp³-hybridized carbons (Fsp3) is 0.516. The molecule has 0 saturated carbocycles. The summed E-state index contributed by atoms with van der Waals surface area (Å²) in [5, 5.41) is 33.3. The number of phenolic OH excluding ortho intramolecular Hbond substituents is 2. The summed E-state index contributed by atoms with van der Waals surface area (Å²) >= 11 is 0. The van der Waals surface area contributed by atoms with Gasteiger partial charge < -0.3 is 47.0 Å². The van der Waals surface area contributed by atoms with Crippen LogP contribution in [0.15, 0.2) is 36.4 Å². The largest absolute Gasteiger partial charge is 0.508 e. The maximum absolute atomic E-state index is 14.0. The van der Waals surface area contributed by atoms with Gasteiger partial charge in [0.2, 0.25) is 17.7 Å². The van der Waals surface area contributed by atoms with E-state index in [1.165, 1.54) is 0 Å². The van der Waals surface area contributed by atoms with E-state index in [4.69, 9.17) is 5.73 Å². The predicted molar refractivity (Wildman–Crippen MR) is 167 cm³/mol. The highest BCUT2D eigenvalue weighted by atomic mass is 16.3. The molecule has 3 atom stereocenters. The molecule has 3 amide bonds. The minimum Gasteiger partial charge on any atom is -0.508 e. The lowest BCUT2D eigenvalue weighted by molar-refractivity contribution is -0.137. The molecule has 1 aliphatic rings. The van der Waals surface area contributed by atoms with Crippen LogP contribution in [0.3, 0.4) is 0 Å². The maximum atomic E-state index is 14.0. The highest BCUT2D eigenvalue weighted by Crippen LogP contribution is 2.31. The Morgan fingerprint density at radius 2 is 1.56 bits per heavy atom. The van der Waals surface area contributed by atoms with E-state index in [2.05, 4.69) is 21.3 Å². The highest BCUT2D eigenvalue weighted by molar-refractivity contribution is 5.93. The van der Waals surface area contributed by atoms with Gasteiger partial charge in [-0.1, -0.05) is 12.1 Å². The molecule has 236 valence electrons. The molecule has 0 aromatic heterocycles. The van der Waals surface area contributed by atoms with Crippen molar-refractivity contribution in [2.75, 3.05) is 60.9 Å². The Morgan fingerprint density at radius 3 is 2.12 bits per heavy atom. The molecular formula is C31H47N7O5. The quantitative estimate of drug-likeness (QED) is 0.173. The molecule has 0 aliphatic carbocycles. The van der Waals surface area contributed by atoms with Crippen molar-refractivity contribution in [3.05, 3.63) is 47.5 Å². The fourth-order valence-corrected chi connectivity index (χ4v) is 5.15. The van der Waals surface area contributed by atoms with Crippen molar-refractivity contribution < 1.29 is 24.6 Å². The number of benzene rings is 2. The smallest absolute Gasteiger partial charge is 0.245 e. The Balaban J connectivity index is 2.12. The minimum absolute atomic E-state index is 0.00750. The number of rotatable bonds is 11. The summed E-state index contributed by atoms with van der Waals surface area (Å²) in [6.45, 7) is 2.19. The summed E-state index contributed by atoms with van der Waals surface area (Å²) in [5.41, 5.74) is 8.41. The van der Waals surface area contributed by atoms with Gasteiger partial charge in [-0.15, -0.1) is 0 Å². The van der Waals surface area contributed by atoms with Crippen molar-refractivity contribution in [3.63, 3.8) is 0 Å². The fourth-order valence-electron chi connectivity index (χ4n) is 5.15. The monoisotopic (exact) mass is 597 g/mol. The van der Waals surface area contributed by atoms with E-state index in [0.717, 1.165) is 11.1 Å². The van der Waals surface area contributed by atoms with Gasteiger partial charge in [-0.05, 0) is 94.1 Å². The zero-order valence-electron chi connectivity index (χ0n) is 25.7. The van der Waals surface area contributed by atoms with Crippen molar-refractivity contribution in [1.82, 2.24) is 31.1 Å². The van der Waals surface area contributed by atoms with Gasteiger partial charge in [-0.2, -0.15) is 0 Å². The van der Waals surface area contributed by atoms with E-state index in [9.17, 15) is 24.6 Å². The summed E-state index contributed by atoms with van der Waals surface area (Å²) in [7, 11) is 7.27. The van der Waals surface area contributed by atoms with Crippen molar-refractivity contribution >= 4 is 17.7 Å². The normalized spacial score (nSPS) is 19.3. The molecule has 2 aromatic rings. The standard InChI is InChI=1S/C31H47N7O5/c1-33-12-5-6-24-29(41)36-26(31(43)38(13-11-32)15-14-37(3)4)19-23-17-21(8-10-28(23)40)20-7-9-27(39)22(16-20)18-25(34-2)30(42)35-24/h7-10,16-17,24-26,33-34,39-40H,5-6,11-15,18-19,32H2,1-4H3,(H,35,42)(H,36,41)/t24-,25-,26-/m0/s1. The molecule has 1 heterocycles. The van der Waals surface area contributed by atoms with E-state index in [-0.39, 0.29) is 36.8 Å². The topological polar surface area (TPSA) is 172 Å². The lowest BCUT2D eigenvalue weighted by Crippen LogP contribution is -2.57. The van der Waals surface area contributed by atoms with Gasteiger partial charge >= 0.3 is 0 Å². The van der Waals surface area contributed by atoms with Crippen LogP contribution in [0.1, 0.15) is 24.0 Å². The van der Waals surface area contributed by atoms with Gasteiger partial charge in [-0.25, -0.2) is 0 Å². The van der Waals surface area contributed by atoms with Crippen LogP contribution in [-0.4, -0.2) is 117 Å². The molecule has 0 unspecified atom stereocenters. The van der Waals surface area contributed by atoms with E-state index < -0.39 is 29.9 Å². The molecule has 4 bridgehead atoms. The number of nitrogens with one attached hydrogen (secondary N) is 4. The van der Waals surface area contributed by atoms with Gasteiger partial charge in [-0.3, -0.25) is 14.4 Å². The molecule has 8 N–H and O–H groups in total. The minimum atomic E-state index is -1.02. The Morgan fingerprint density at radius 1 is 0.930 bits per heavy atom. The van der Waals surface area contributed by atoms with Crippen LogP contribution in [0.5, 0.6) is 11.5 Å². The second kappa shape index (κ2) is 16.2. The Hall–Kier alpha value is -3.71. The van der Waals surface area contributed by atoms with Crippen LogP contribution in [-0.2, 0) is 27.2 Å². The molecule has 0 fully saturated rings. The summed E-state index contributed by atoms with van der Waals surface area (Å²) in [4.78, 5) is 44.8. The zero-order valence-corrected chi connectivity index (χ0v) is 25.7. The molecule has 2 aromatic carbocycles. The summed E-state index contributed by atoms with van der Waals surface area (Å²) in [6, 6.07) is 7.57. The number of likely N-dealkylation sites (N-methyl/N-ethyl adjacent to an activating group) is 2. The van der Waals surface area contributed by atoms with E-state index in [1.807, 2.05) is 32.1 Å². The molecule has 12 nitrogen and oxygen atoms in total. The maximum Gasteiger partial charge on any atom is 0.245 e. The number of hydrogen-bond donors (Lipinski definition) is 7. The predicted octanol–water partition coefficient (Wildman–Crippen LogP) is -0.230. The third-order valence-corrected chi connectivity index (χ3v) is 7.70. The molecule has 43 heavy (non-hydrogen) atoms. The number of aromatic hydroxyl groups is 2. The third kappa shape index (κ3) is 9.39. The Bertz CT molecular complexity index is 1260. The first-order valence-corrected chi connectivity index (χ1v) is 14.8. The molecule has 1 aliphatic heterocycles. The molecule has 12 heteroatoms. The van der Waals surface area contributed by atoms with Crippen molar-refractivity contribution in [3.8, 4) is 22.6 Å². The Labute approximate surface area is 254 Å². The van der Waals surface area contributed by atoms with Gasteiger partial charge in [0, 0.05) is 39.0 Å². The average molecular weight is 598 g/mol. The number of amides is 3. The summed E-state index contributed by atoms with van der Waals surface area (Å²) in [6.07, 6.45) is 1.14. The first kappa shape index (κ1) is 33.8. The van der Waals surface area contributed by atoms with Gasteiger partial charge in [0.05, 0.1) is 6.04 Å². The SMILES string of the molecule is CNCCC[C@@H]1NC(=O)[C@@H](NC)Cc2cc(ccc2O)-c2ccc(O)c(c2)C[C@@H](C(=O)N(CCN)CCN(C)C)NC1=O. The first-order valence-electron chi connectivity index (χ1n) is 14.8. The van der Waals surface area contributed by atoms with Gasteiger partial charge in [0.15, 0.2) is 0 Å². The summed E-state index contributed by atoms with van der Waals surface area (Å²) < 4.78 is 0. The lowest BCUT2D eigenvalue weighted by atomic mass is 9.95. The van der Waals surface area contributed by atoms with Crippen LogP contribution in [0.25, 0.3) is 11.1 Å². The first-order chi connectivity index (χ1) is 20.6. The van der Waals surface area contributed by atoms with E-state index >= 15 is 0 Å². The van der Waals surface area contributed by atoms with Crippen molar-refractivity contribution in [2.45, 2.75) is 43.8 Å². The van der Waals surface area contributed by atoms with E-state index in [1.54, 1.807) is 42.3 Å². The number of carbonyl (C=O) groups is 3. The molecule has 0 radical (unpaired) electrons.